The minimum absolute atomic E-state index is 0.0653. The van der Waals surface area contributed by atoms with Crippen LogP contribution in [0.3, 0.4) is 0 Å². The smallest absolute Gasteiger partial charge is 0.306 e. The van der Waals surface area contributed by atoms with Gasteiger partial charge in [-0.1, -0.05) is 270 Å². The first-order chi connectivity index (χ1) is 31.5. The monoisotopic (exact) mass is 903 g/mol. The number of hydrogen-bond acceptors (Lipinski definition) is 6. The predicted octanol–water partition coefficient (Wildman–Crippen LogP) is 18.9. The lowest BCUT2D eigenvalue weighted by Crippen LogP contribution is -2.30. The zero-order valence-corrected chi connectivity index (χ0v) is 43.3. The molecule has 0 aromatic heterocycles. The van der Waals surface area contributed by atoms with Gasteiger partial charge >= 0.3 is 17.9 Å². The summed E-state index contributed by atoms with van der Waals surface area (Å²) in [5.41, 5.74) is 0. The van der Waals surface area contributed by atoms with E-state index in [9.17, 15) is 14.4 Å². The maximum Gasteiger partial charge on any atom is 0.306 e. The molecule has 0 bridgehead atoms. The molecule has 378 valence electrons. The molecule has 0 aliphatic rings. The number of carbonyl (C=O) groups excluding carboxylic acids is 3. The summed E-state index contributed by atoms with van der Waals surface area (Å²) in [5.74, 6) is -0.846. The Morgan fingerprint density at radius 1 is 0.297 bits per heavy atom. The molecule has 0 fully saturated rings. The lowest BCUT2D eigenvalue weighted by atomic mass is 10.0. The maximum absolute atomic E-state index is 12.8. The highest BCUT2D eigenvalue weighted by molar-refractivity contribution is 5.71. The molecule has 6 nitrogen and oxygen atoms in total. The van der Waals surface area contributed by atoms with E-state index < -0.39 is 6.10 Å². The third kappa shape index (κ3) is 51.1. The van der Waals surface area contributed by atoms with Crippen LogP contribution in [0.5, 0.6) is 0 Å². The standard InChI is InChI=1S/C58H110O6/c1-4-7-10-13-16-19-22-25-27-28-29-31-33-36-39-42-45-48-51-57(60)63-54-55(53-62-56(59)50-47-44-41-38-35-32-24-21-18-15-12-9-6-3)64-58(61)52-49-46-43-40-37-34-30-26-23-20-17-14-11-8-5-2/h27-28,55H,4-26,29-54H2,1-3H3/b28-27-. The molecule has 0 aromatic rings. The molecule has 1 atom stereocenters. The highest BCUT2D eigenvalue weighted by Gasteiger charge is 2.19. The van der Waals surface area contributed by atoms with Crippen molar-refractivity contribution in [2.75, 3.05) is 13.2 Å². The van der Waals surface area contributed by atoms with Gasteiger partial charge in [0.25, 0.3) is 0 Å². The zero-order valence-electron chi connectivity index (χ0n) is 43.3. The molecule has 0 aliphatic heterocycles. The van der Waals surface area contributed by atoms with E-state index in [4.69, 9.17) is 14.2 Å². The molecule has 0 spiro atoms. The van der Waals surface area contributed by atoms with Crippen LogP contribution in [0.2, 0.25) is 0 Å². The minimum atomic E-state index is -0.765. The number of allylic oxidation sites excluding steroid dienone is 2. The van der Waals surface area contributed by atoms with E-state index in [-0.39, 0.29) is 31.1 Å². The van der Waals surface area contributed by atoms with Gasteiger partial charge in [0.15, 0.2) is 6.10 Å². The summed E-state index contributed by atoms with van der Waals surface area (Å²) in [6, 6.07) is 0. The fraction of sp³-hybridized carbons (Fsp3) is 0.914. The Balaban J connectivity index is 4.30. The van der Waals surface area contributed by atoms with E-state index in [1.54, 1.807) is 0 Å². The van der Waals surface area contributed by atoms with Crippen molar-refractivity contribution in [1.29, 1.82) is 0 Å². The van der Waals surface area contributed by atoms with Crippen molar-refractivity contribution in [2.45, 2.75) is 329 Å². The molecule has 64 heavy (non-hydrogen) atoms. The summed E-state index contributed by atoms with van der Waals surface area (Å²) >= 11 is 0. The van der Waals surface area contributed by atoms with E-state index in [1.165, 1.54) is 225 Å². The van der Waals surface area contributed by atoms with Gasteiger partial charge in [-0.2, -0.15) is 0 Å². The van der Waals surface area contributed by atoms with Crippen LogP contribution in [0, 0.1) is 0 Å². The summed E-state index contributed by atoms with van der Waals surface area (Å²) in [4.78, 5) is 38.1. The average Bonchev–Trinajstić information content (AvgIpc) is 3.29. The van der Waals surface area contributed by atoms with Gasteiger partial charge in [-0.3, -0.25) is 14.4 Å². The van der Waals surface area contributed by atoms with E-state index >= 15 is 0 Å². The van der Waals surface area contributed by atoms with Crippen molar-refractivity contribution in [2.24, 2.45) is 0 Å². The molecule has 0 saturated carbocycles. The zero-order chi connectivity index (χ0) is 46.5. The Morgan fingerprint density at radius 3 is 0.781 bits per heavy atom. The number of rotatable bonds is 53. The molecule has 0 rings (SSSR count). The number of carbonyl (C=O) groups is 3. The van der Waals surface area contributed by atoms with Crippen LogP contribution < -0.4 is 0 Å². The van der Waals surface area contributed by atoms with Crippen LogP contribution in [-0.2, 0) is 28.6 Å². The van der Waals surface area contributed by atoms with E-state index in [1.807, 2.05) is 0 Å². The fourth-order valence-electron chi connectivity index (χ4n) is 8.68. The molecular weight excluding hydrogens is 793 g/mol. The van der Waals surface area contributed by atoms with Crippen LogP contribution in [0.15, 0.2) is 12.2 Å². The van der Waals surface area contributed by atoms with Gasteiger partial charge in [-0.05, 0) is 44.9 Å². The van der Waals surface area contributed by atoms with Crippen molar-refractivity contribution in [1.82, 2.24) is 0 Å². The van der Waals surface area contributed by atoms with Gasteiger partial charge in [-0.15, -0.1) is 0 Å². The van der Waals surface area contributed by atoms with Crippen LogP contribution in [0.4, 0.5) is 0 Å². The molecule has 1 unspecified atom stereocenters. The highest BCUT2D eigenvalue weighted by atomic mass is 16.6. The average molecular weight is 904 g/mol. The topological polar surface area (TPSA) is 78.9 Å². The second-order valence-corrected chi connectivity index (χ2v) is 19.6. The molecule has 0 aliphatic carbocycles. The minimum Gasteiger partial charge on any atom is -0.462 e. The third-order valence-electron chi connectivity index (χ3n) is 13.0. The molecule has 0 N–H and O–H groups in total. The molecule has 0 saturated heterocycles. The normalized spacial score (nSPS) is 12.0. The molecule has 6 heteroatoms. The van der Waals surface area contributed by atoms with Gasteiger partial charge in [0.1, 0.15) is 13.2 Å². The van der Waals surface area contributed by atoms with Gasteiger partial charge < -0.3 is 14.2 Å². The van der Waals surface area contributed by atoms with Gasteiger partial charge in [-0.25, -0.2) is 0 Å². The Hall–Kier alpha value is -1.85. The van der Waals surface area contributed by atoms with Crippen molar-refractivity contribution in [3.8, 4) is 0 Å². The van der Waals surface area contributed by atoms with Crippen molar-refractivity contribution in [3.63, 3.8) is 0 Å². The highest BCUT2D eigenvalue weighted by Crippen LogP contribution is 2.17. The lowest BCUT2D eigenvalue weighted by molar-refractivity contribution is -0.167. The van der Waals surface area contributed by atoms with Crippen molar-refractivity contribution in [3.05, 3.63) is 12.2 Å². The Labute approximate surface area is 399 Å². The molecule has 0 aromatic carbocycles. The van der Waals surface area contributed by atoms with Crippen molar-refractivity contribution >= 4 is 17.9 Å². The summed E-state index contributed by atoms with van der Waals surface area (Å²) in [6.45, 7) is 6.69. The lowest BCUT2D eigenvalue weighted by Gasteiger charge is -2.18. The molecule has 0 amide bonds. The second kappa shape index (κ2) is 53.8. The number of unbranched alkanes of at least 4 members (excludes halogenated alkanes) is 40. The number of esters is 3. The maximum atomic E-state index is 12.8. The summed E-state index contributed by atoms with van der Waals surface area (Å²) in [5, 5.41) is 0. The first-order valence-corrected chi connectivity index (χ1v) is 28.7. The molecule has 0 heterocycles. The Kier molecular flexibility index (Phi) is 52.2. The third-order valence-corrected chi connectivity index (χ3v) is 13.0. The number of hydrogen-bond donors (Lipinski definition) is 0. The summed E-state index contributed by atoms with van der Waals surface area (Å²) in [7, 11) is 0. The van der Waals surface area contributed by atoms with E-state index in [0.29, 0.717) is 19.3 Å². The van der Waals surface area contributed by atoms with Crippen LogP contribution >= 0.6 is 0 Å². The summed E-state index contributed by atoms with van der Waals surface area (Å²) < 4.78 is 16.9. The quantitative estimate of drug-likeness (QED) is 0.0262. The Bertz CT molecular complexity index is 993. The summed E-state index contributed by atoms with van der Waals surface area (Å²) in [6.07, 6.45) is 60.5. The van der Waals surface area contributed by atoms with Crippen molar-refractivity contribution < 1.29 is 28.6 Å². The van der Waals surface area contributed by atoms with Crippen LogP contribution in [0.25, 0.3) is 0 Å². The number of ether oxygens (including phenoxy) is 3. The molecular formula is C58H110O6. The molecule has 0 radical (unpaired) electrons. The van der Waals surface area contributed by atoms with Crippen LogP contribution in [-0.4, -0.2) is 37.2 Å². The van der Waals surface area contributed by atoms with Crippen LogP contribution in [0.1, 0.15) is 323 Å². The Morgan fingerprint density at radius 2 is 0.516 bits per heavy atom. The van der Waals surface area contributed by atoms with Gasteiger partial charge in [0, 0.05) is 19.3 Å². The fourth-order valence-corrected chi connectivity index (χ4v) is 8.68. The first-order valence-electron chi connectivity index (χ1n) is 28.7. The second-order valence-electron chi connectivity index (χ2n) is 19.6. The van der Waals surface area contributed by atoms with Gasteiger partial charge in [0.05, 0.1) is 0 Å². The van der Waals surface area contributed by atoms with E-state index in [2.05, 4.69) is 32.9 Å². The van der Waals surface area contributed by atoms with E-state index in [0.717, 1.165) is 57.8 Å². The largest absolute Gasteiger partial charge is 0.462 e. The first kappa shape index (κ1) is 62.1. The predicted molar refractivity (Wildman–Crippen MR) is 275 cm³/mol. The van der Waals surface area contributed by atoms with Gasteiger partial charge in [0.2, 0.25) is 0 Å². The SMILES string of the molecule is CCCCCCCCC/C=C\CCCCCCCCCC(=O)OCC(COC(=O)CCCCCCCCCCCCCCC)OC(=O)CCCCCCCCCCCCCCCCC.